The van der Waals surface area contributed by atoms with Crippen molar-refractivity contribution < 1.29 is 4.74 Å². The van der Waals surface area contributed by atoms with Crippen molar-refractivity contribution in [3.63, 3.8) is 0 Å². The van der Waals surface area contributed by atoms with Gasteiger partial charge in [0.25, 0.3) is 0 Å². The summed E-state index contributed by atoms with van der Waals surface area (Å²) in [5.41, 5.74) is 4.20. The van der Waals surface area contributed by atoms with E-state index in [0.29, 0.717) is 6.04 Å². The van der Waals surface area contributed by atoms with Gasteiger partial charge in [0.05, 0.1) is 7.11 Å². The number of fused-ring (bicyclic) bond motifs is 1. The van der Waals surface area contributed by atoms with Gasteiger partial charge in [0.15, 0.2) is 0 Å². The zero-order chi connectivity index (χ0) is 14.7. The molecule has 0 saturated carbocycles. The van der Waals surface area contributed by atoms with Crippen molar-refractivity contribution in [2.75, 3.05) is 7.11 Å². The van der Waals surface area contributed by atoms with Crippen molar-refractivity contribution in [3.05, 3.63) is 63.6 Å². The molecule has 1 unspecified atom stereocenters. The first-order chi connectivity index (χ1) is 10.3. The number of methoxy groups -OCH3 is 1. The highest BCUT2D eigenvalue weighted by molar-refractivity contribution is 9.10. The molecule has 3 rings (SSSR count). The molecule has 0 radical (unpaired) electrons. The molecule has 2 aromatic rings. The summed E-state index contributed by atoms with van der Waals surface area (Å²) in [6.07, 6.45) is 3.49. The second-order valence-electron chi connectivity index (χ2n) is 5.55. The molecule has 0 spiro atoms. The lowest BCUT2D eigenvalue weighted by atomic mass is 9.88. The molecular formula is C18H20BrNO. The lowest BCUT2D eigenvalue weighted by Gasteiger charge is -2.26. The summed E-state index contributed by atoms with van der Waals surface area (Å²) in [4.78, 5) is 0. The number of rotatable bonds is 4. The third-order valence-electron chi connectivity index (χ3n) is 4.17. The Hall–Kier alpha value is -1.32. The Morgan fingerprint density at radius 3 is 2.81 bits per heavy atom. The largest absolute Gasteiger partial charge is 0.496 e. The van der Waals surface area contributed by atoms with Crippen LogP contribution in [0.15, 0.2) is 46.9 Å². The van der Waals surface area contributed by atoms with Gasteiger partial charge < -0.3 is 10.1 Å². The first-order valence-corrected chi connectivity index (χ1v) is 8.18. The lowest BCUT2D eigenvalue weighted by Crippen LogP contribution is -2.34. The van der Waals surface area contributed by atoms with Crippen LogP contribution in [0, 0.1) is 0 Å². The van der Waals surface area contributed by atoms with Crippen LogP contribution in [0.5, 0.6) is 5.75 Å². The highest BCUT2D eigenvalue weighted by Gasteiger charge is 2.18. The predicted octanol–water partition coefficient (Wildman–Crippen LogP) is 4.10. The normalized spacial score (nSPS) is 17.3. The average molecular weight is 346 g/mol. The van der Waals surface area contributed by atoms with Crippen molar-refractivity contribution in [1.29, 1.82) is 0 Å². The zero-order valence-electron chi connectivity index (χ0n) is 12.2. The molecule has 1 aliphatic rings. The molecule has 0 aromatic heterocycles. The summed E-state index contributed by atoms with van der Waals surface area (Å²) in [5, 5.41) is 3.68. The molecule has 0 fully saturated rings. The van der Waals surface area contributed by atoms with E-state index in [1.165, 1.54) is 29.5 Å². The van der Waals surface area contributed by atoms with Gasteiger partial charge >= 0.3 is 0 Å². The van der Waals surface area contributed by atoms with E-state index in [2.05, 4.69) is 51.6 Å². The van der Waals surface area contributed by atoms with Crippen molar-refractivity contribution in [2.45, 2.75) is 31.8 Å². The van der Waals surface area contributed by atoms with Gasteiger partial charge in [0, 0.05) is 22.6 Å². The number of ether oxygens (including phenoxy) is 1. The SMILES string of the molecule is COc1ccc(Br)cc1CNC1CCc2ccccc2C1. The Bertz CT molecular complexity index is 626. The highest BCUT2D eigenvalue weighted by atomic mass is 79.9. The Balaban J connectivity index is 1.65. The summed E-state index contributed by atoms with van der Waals surface area (Å²) in [5.74, 6) is 0.946. The monoisotopic (exact) mass is 345 g/mol. The highest BCUT2D eigenvalue weighted by Crippen LogP contribution is 2.25. The Morgan fingerprint density at radius 1 is 1.19 bits per heavy atom. The summed E-state index contributed by atoms with van der Waals surface area (Å²) in [6.45, 7) is 0.843. The molecule has 0 bridgehead atoms. The molecule has 1 atom stereocenters. The molecular weight excluding hydrogens is 326 g/mol. The van der Waals surface area contributed by atoms with Crippen LogP contribution in [0.4, 0.5) is 0 Å². The number of nitrogens with one attached hydrogen (secondary N) is 1. The van der Waals surface area contributed by atoms with E-state index in [1.54, 1.807) is 7.11 Å². The van der Waals surface area contributed by atoms with Crippen LogP contribution in [0.1, 0.15) is 23.1 Å². The minimum atomic E-state index is 0.545. The van der Waals surface area contributed by atoms with Crippen molar-refractivity contribution in [2.24, 2.45) is 0 Å². The Morgan fingerprint density at radius 2 is 2.00 bits per heavy atom. The molecule has 21 heavy (non-hydrogen) atoms. The van der Waals surface area contributed by atoms with Crippen molar-refractivity contribution >= 4 is 15.9 Å². The fourth-order valence-corrected chi connectivity index (χ4v) is 3.42. The second kappa shape index (κ2) is 6.63. The lowest BCUT2D eigenvalue weighted by molar-refractivity contribution is 0.401. The zero-order valence-corrected chi connectivity index (χ0v) is 13.8. The van der Waals surface area contributed by atoms with Gasteiger partial charge in [-0.1, -0.05) is 40.2 Å². The molecule has 1 N–H and O–H groups in total. The molecule has 3 heteroatoms. The molecule has 110 valence electrons. The first kappa shape index (κ1) is 14.6. The molecule has 0 heterocycles. The summed E-state index contributed by atoms with van der Waals surface area (Å²) in [7, 11) is 1.73. The summed E-state index contributed by atoms with van der Waals surface area (Å²) in [6, 6.07) is 15.5. The van der Waals surface area contributed by atoms with E-state index < -0.39 is 0 Å². The van der Waals surface area contributed by atoms with E-state index in [0.717, 1.165) is 23.2 Å². The van der Waals surface area contributed by atoms with Gasteiger partial charge in [-0.15, -0.1) is 0 Å². The topological polar surface area (TPSA) is 21.3 Å². The van der Waals surface area contributed by atoms with Crippen LogP contribution in [-0.2, 0) is 19.4 Å². The average Bonchev–Trinajstić information content (AvgIpc) is 2.53. The van der Waals surface area contributed by atoms with Gasteiger partial charge in [-0.25, -0.2) is 0 Å². The number of hydrogen-bond donors (Lipinski definition) is 1. The predicted molar refractivity (Wildman–Crippen MR) is 89.8 cm³/mol. The molecule has 1 aliphatic carbocycles. The van der Waals surface area contributed by atoms with E-state index in [4.69, 9.17) is 4.74 Å². The van der Waals surface area contributed by atoms with Crippen LogP contribution in [0.2, 0.25) is 0 Å². The third kappa shape index (κ3) is 3.47. The quantitative estimate of drug-likeness (QED) is 0.900. The number of hydrogen-bond acceptors (Lipinski definition) is 2. The first-order valence-electron chi connectivity index (χ1n) is 7.39. The Labute approximate surface area is 134 Å². The van der Waals surface area contributed by atoms with Crippen molar-refractivity contribution in [1.82, 2.24) is 5.32 Å². The van der Waals surface area contributed by atoms with Gasteiger partial charge in [0.2, 0.25) is 0 Å². The Kier molecular flexibility index (Phi) is 4.61. The molecule has 0 aliphatic heterocycles. The van der Waals surface area contributed by atoms with Gasteiger partial charge in [-0.05, 0) is 48.6 Å². The van der Waals surface area contributed by atoms with Crippen molar-refractivity contribution in [3.8, 4) is 5.75 Å². The smallest absolute Gasteiger partial charge is 0.123 e. The van der Waals surface area contributed by atoms with E-state index in [9.17, 15) is 0 Å². The van der Waals surface area contributed by atoms with Crippen LogP contribution in [-0.4, -0.2) is 13.2 Å². The molecule has 0 saturated heterocycles. The van der Waals surface area contributed by atoms with E-state index >= 15 is 0 Å². The fraction of sp³-hybridized carbons (Fsp3) is 0.333. The van der Waals surface area contributed by atoms with Gasteiger partial charge in [0.1, 0.15) is 5.75 Å². The van der Waals surface area contributed by atoms with E-state index in [1.807, 2.05) is 12.1 Å². The molecule has 2 aromatic carbocycles. The standard InChI is InChI=1S/C18H20BrNO/c1-21-18-9-7-16(19)10-15(18)12-20-17-8-6-13-4-2-3-5-14(13)11-17/h2-5,7,9-10,17,20H,6,8,11-12H2,1H3. The maximum Gasteiger partial charge on any atom is 0.123 e. The maximum absolute atomic E-state index is 5.44. The second-order valence-corrected chi connectivity index (χ2v) is 6.46. The number of benzene rings is 2. The number of aryl methyl sites for hydroxylation is 1. The summed E-state index contributed by atoms with van der Waals surface area (Å²) < 4.78 is 6.53. The van der Waals surface area contributed by atoms with E-state index in [-0.39, 0.29) is 0 Å². The minimum absolute atomic E-state index is 0.545. The summed E-state index contributed by atoms with van der Waals surface area (Å²) >= 11 is 3.53. The molecule has 0 amide bonds. The van der Waals surface area contributed by atoms with Crippen LogP contribution in [0.3, 0.4) is 0 Å². The maximum atomic E-state index is 5.44. The van der Waals surface area contributed by atoms with Crippen LogP contribution < -0.4 is 10.1 Å². The minimum Gasteiger partial charge on any atom is -0.496 e. The van der Waals surface area contributed by atoms with Crippen LogP contribution >= 0.6 is 15.9 Å². The van der Waals surface area contributed by atoms with Crippen LogP contribution in [0.25, 0.3) is 0 Å². The fourth-order valence-electron chi connectivity index (χ4n) is 3.01. The van der Waals surface area contributed by atoms with Gasteiger partial charge in [-0.3, -0.25) is 0 Å². The molecule has 2 nitrogen and oxygen atoms in total. The van der Waals surface area contributed by atoms with Gasteiger partial charge in [-0.2, -0.15) is 0 Å². The number of halogens is 1. The third-order valence-corrected chi connectivity index (χ3v) is 4.66.